The van der Waals surface area contributed by atoms with Gasteiger partial charge in [-0.25, -0.2) is 4.39 Å². The number of carbonyl (C=O) groups is 1. The summed E-state index contributed by atoms with van der Waals surface area (Å²) in [5.41, 5.74) is 0.414. The van der Waals surface area contributed by atoms with Gasteiger partial charge >= 0.3 is 0 Å². The molecular formula is C14H11BrFNO2. The highest BCUT2D eigenvalue weighted by Crippen LogP contribution is 2.18. The number of hydrogen-bond acceptors (Lipinski definition) is 3. The van der Waals surface area contributed by atoms with E-state index in [2.05, 4.69) is 20.9 Å². The van der Waals surface area contributed by atoms with Gasteiger partial charge < -0.3 is 4.74 Å². The summed E-state index contributed by atoms with van der Waals surface area (Å²) in [6.45, 7) is 1.65. The Morgan fingerprint density at radius 1 is 1.32 bits per heavy atom. The molecule has 0 saturated heterocycles. The Morgan fingerprint density at radius 3 is 2.63 bits per heavy atom. The summed E-state index contributed by atoms with van der Waals surface area (Å²) in [5, 5.41) is 0. The van der Waals surface area contributed by atoms with Crippen LogP contribution >= 0.6 is 15.9 Å². The van der Waals surface area contributed by atoms with Gasteiger partial charge in [0, 0.05) is 16.2 Å². The second-order valence-electron chi connectivity index (χ2n) is 3.97. The molecule has 1 aromatic carbocycles. The molecule has 0 radical (unpaired) electrons. The van der Waals surface area contributed by atoms with Crippen LogP contribution in [0.3, 0.4) is 0 Å². The number of nitrogens with zero attached hydrogens (tertiary/aromatic N) is 1. The van der Waals surface area contributed by atoms with Crippen molar-refractivity contribution < 1.29 is 13.9 Å². The van der Waals surface area contributed by atoms with Gasteiger partial charge in [0.25, 0.3) is 0 Å². The van der Waals surface area contributed by atoms with Crippen molar-refractivity contribution in [3.8, 4) is 5.75 Å². The van der Waals surface area contributed by atoms with Crippen molar-refractivity contribution in [2.24, 2.45) is 0 Å². The summed E-state index contributed by atoms with van der Waals surface area (Å²) < 4.78 is 19.1. The van der Waals surface area contributed by atoms with Gasteiger partial charge in [-0.2, -0.15) is 0 Å². The first-order valence-electron chi connectivity index (χ1n) is 5.63. The number of Topliss-reactive ketones (excluding diaryl/α,β-unsaturated/α-hetero) is 1. The second-order valence-corrected chi connectivity index (χ2v) is 4.89. The minimum atomic E-state index is -0.665. The highest BCUT2D eigenvalue weighted by molar-refractivity contribution is 9.10. The minimum absolute atomic E-state index is 0.208. The van der Waals surface area contributed by atoms with Crippen LogP contribution in [0, 0.1) is 5.82 Å². The number of ketones is 1. The minimum Gasteiger partial charge on any atom is -0.481 e. The van der Waals surface area contributed by atoms with Crippen LogP contribution in [0.4, 0.5) is 4.39 Å². The van der Waals surface area contributed by atoms with Crippen LogP contribution in [0.15, 0.2) is 47.2 Å². The van der Waals surface area contributed by atoms with E-state index >= 15 is 0 Å². The maximum Gasteiger partial charge on any atom is 0.202 e. The molecule has 0 bridgehead atoms. The zero-order chi connectivity index (χ0) is 13.8. The molecule has 1 aromatic heterocycles. The molecule has 1 unspecified atom stereocenters. The monoisotopic (exact) mass is 323 g/mol. The van der Waals surface area contributed by atoms with Crippen molar-refractivity contribution in [2.45, 2.75) is 13.0 Å². The van der Waals surface area contributed by atoms with Crippen LogP contribution < -0.4 is 4.74 Å². The van der Waals surface area contributed by atoms with E-state index in [4.69, 9.17) is 4.74 Å². The van der Waals surface area contributed by atoms with Crippen LogP contribution in [0.5, 0.6) is 5.75 Å². The Balaban J connectivity index is 2.09. The van der Waals surface area contributed by atoms with Gasteiger partial charge in [-0.1, -0.05) is 0 Å². The van der Waals surface area contributed by atoms with E-state index < -0.39 is 6.10 Å². The molecule has 0 aliphatic carbocycles. The molecule has 3 nitrogen and oxygen atoms in total. The number of benzene rings is 1. The first kappa shape index (κ1) is 13.7. The van der Waals surface area contributed by atoms with Crippen molar-refractivity contribution in [3.05, 3.63) is 58.6 Å². The number of aromatic nitrogens is 1. The Kier molecular flexibility index (Phi) is 4.27. The molecule has 1 atom stereocenters. The molecule has 1 heterocycles. The Labute approximate surface area is 118 Å². The number of pyridine rings is 1. The van der Waals surface area contributed by atoms with E-state index in [1.165, 1.54) is 30.5 Å². The molecule has 98 valence electrons. The first-order chi connectivity index (χ1) is 9.06. The fourth-order valence-corrected chi connectivity index (χ4v) is 1.91. The van der Waals surface area contributed by atoms with Crippen molar-refractivity contribution in [3.63, 3.8) is 0 Å². The van der Waals surface area contributed by atoms with E-state index in [1.807, 2.05) is 0 Å². The van der Waals surface area contributed by atoms with Crippen molar-refractivity contribution >= 4 is 21.7 Å². The predicted molar refractivity (Wildman–Crippen MR) is 72.8 cm³/mol. The van der Waals surface area contributed by atoms with E-state index in [9.17, 15) is 9.18 Å². The zero-order valence-corrected chi connectivity index (χ0v) is 11.7. The normalized spacial score (nSPS) is 11.9. The largest absolute Gasteiger partial charge is 0.481 e. The highest BCUT2D eigenvalue weighted by atomic mass is 79.9. The molecule has 5 heteroatoms. The summed E-state index contributed by atoms with van der Waals surface area (Å²) >= 11 is 3.27. The first-order valence-corrected chi connectivity index (χ1v) is 6.42. The number of carbonyl (C=O) groups excluding carboxylic acids is 1. The number of halogens is 2. The van der Waals surface area contributed by atoms with Crippen molar-refractivity contribution in [1.82, 2.24) is 4.98 Å². The lowest BCUT2D eigenvalue weighted by molar-refractivity contribution is 0.0817. The predicted octanol–water partition coefficient (Wildman–Crippen LogP) is 3.63. The Bertz CT molecular complexity index is 586. The summed E-state index contributed by atoms with van der Waals surface area (Å²) in [5.74, 6) is -0.0846. The van der Waals surface area contributed by atoms with Gasteiger partial charge in [0.1, 0.15) is 11.6 Å². The molecule has 0 aliphatic rings. The molecular weight excluding hydrogens is 313 g/mol. The smallest absolute Gasteiger partial charge is 0.202 e. The lowest BCUT2D eigenvalue weighted by Gasteiger charge is -2.13. The van der Waals surface area contributed by atoms with Crippen molar-refractivity contribution in [1.29, 1.82) is 0 Å². The fourth-order valence-electron chi connectivity index (χ4n) is 1.56. The molecule has 0 N–H and O–H groups in total. The van der Waals surface area contributed by atoms with E-state index in [0.717, 1.165) is 4.47 Å². The summed E-state index contributed by atoms with van der Waals surface area (Å²) in [4.78, 5) is 16.0. The molecule has 2 aromatic rings. The average Bonchev–Trinajstić information content (AvgIpc) is 2.39. The van der Waals surface area contributed by atoms with Gasteiger partial charge in [0.05, 0.1) is 6.20 Å². The van der Waals surface area contributed by atoms with Crippen molar-refractivity contribution in [2.75, 3.05) is 0 Å². The summed E-state index contributed by atoms with van der Waals surface area (Å²) in [7, 11) is 0. The molecule has 0 aliphatic heterocycles. The van der Waals surface area contributed by atoms with Gasteiger partial charge in [-0.15, -0.1) is 0 Å². The van der Waals surface area contributed by atoms with Crippen LogP contribution in [-0.2, 0) is 0 Å². The molecule has 0 amide bonds. The van der Waals surface area contributed by atoms with E-state index in [-0.39, 0.29) is 11.6 Å². The zero-order valence-electron chi connectivity index (χ0n) is 10.1. The Hall–Kier alpha value is -1.75. The lowest BCUT2D eigenvalue weighted by atomic mass is 10.1. The van der Waals surface area contributed by atoms with E-state index in [0.29, 0.717) is 11.3 Å². The van der Waals surface area contributed by atoms with Gasteiger partial charge in [-0.05, 0) is 53.2 Å². The van der Waals surface area contributed by atoms with Crippen LogP contribution in [0.25, 0.3) is 0 Å². The molecule has 0 fully saturated rings. The van der Waals surface area contributed by atoms with Gasteiger partial charge in [0.15, 0.2) is 6.10 Å². The molecule has 0 saturated carbocycles. The average molecular weight is 324 g/mol. The third kappa shape index (κ3) is 3.61. The third-order valence-corrected chi connectivity index (χ3v) is 2.92. The SMILES string of the molecule is CC(Oc1cncc(Br)c1)C(=O)c1ccc(F)cc1. The molecule has 2 rings (SSSR count). The number of hydrogen-bond donors (Lipinski definition) is 0. The summed E-state index contributed by atoms with van der Waals surface area (Å²) in [6, 6.07) is 7.11. The van der Waals surface area contributed by atoms with Crippen LogP contribution in [0.1, 0.15) is 17.3 Å². The second kappa shape index (κ2) is 5.93. The van der Waals surface area contributed by atoms with Crippen LogP contribution in [-0.4, -0.2) is 16.9 Å². The van der Waals surface area contributed by atoms with Gasteiger partial charge in [0.2, 0.25) is 5.78 Å². The standard InChI is InChI=1S/C14H11BrFNO2/c1-9(19-13-6-11(15)7-17-8-13)14(18)10-2-4-12(16)5-3-10/h2-9H,1H3. The Morgan fingerprint density at radius 2 is 2.00 bits per heavy atom. The van der Waals surface area contributed by atoms with Crippen LogP contribution in [0.2, 0.25) is 0 Å². The lowest BCUT2D eigenvalue weighted by Crippen LogP contribution is -2.23. The molecule has 19 heavy (non-hydrogen) atoms. The topological polar surface area (TPSA) is 39.2 Å². The quantitative estimate of drug-likeness (QED) is 0.806. The number of rotatable bonds is 4. The van der Waals surface area contributed by atoms with Gasteiger partial charge in [-0.3, -0.25) is 9.78 Å². The maximum atomic E-state index is 12.8. The number of ether oxygens (including phenoxy) is 1. The fraction of sp³-hybridized carbons (Fsp3) is 0.143. The highest BCUT2D eigenvalue weighted by Gasteiger charge is 2.17. The summed E-state index contributed by atoms with van der Waals surface area (Å²) in [6.07, 6.45) is 2.49. The maximum absolute atomic E-state index is 12.8. The molecule has 0 spiro atoms. The third-order valence-electron chi connectivity index (χ3n) is 2.49. The van der Waals surface area contributed by atoms with E-state index in [1.54, 1.807) is 19.2 Å².